The van der Waals surface area contributed by atoms with Gasteiger partial charge in [-0.15, -0.1) is 35.3 Å². The van der Waals surface area contributed by atoms with Crippen LogP contribution in [0.2, 0.25) is 0 Å². The Hall–Kier alpha value is -0.450. The number of hydrogen-bond donors (Lipinski definition) is 2. The summed E-state index contributed by atoms with van der Waals surface area (Å²) in [5.74, 6) is 0.835. The third kappa shape index (κ3) is 7.62. The number of halogens is 1. The second-order valence-electron chi connectivity index (χ2n) is 5.58. The van der Waals surface area contributed by atoms with E-state index >= 15 is 0 Å². The summed E-state index contributed by atoms with van der Waals surface area (Å²) in [7, 11) is 0. The van der Waals surface area contributed by atoms with Gasteiger partial charge in [-0.1, -0.05) is 0 Å². The minimum atomic E-state index is 0. The molecule has 0 radical (unpaired) electrons. The first-order chi connectivity index (χ1) is 11.2. The van der Waals surface area contributed by atoms with Crippen LogP contribution in [-0.2, 0) is 16.0 Å². The lowest BCUT2D eigenvalue weighted by Crippen LogP contribution is -2.38. The Balaban J connectivity index is 0.00000288. The van der Waals surface area contributed by atoms with Crippen molar-refractivity contribution in [3.63, 3.8) is 0 Å². The highest BCUT2D eigenvalue weighted by Gasteiger charge is 2.15. The maximum absolute atomic E-state index is 5.76. The van der Waals surface area contributed by atoms with E-state index in [0.29, 0.717) is 6.54 Å². The minimum absolute atomic E-state index is 0. The van der Waals surface area contributed by atoms with Gasteiger partial charge < -0.3 is 20.1 Å². The van der Waals surface area contributed by atoms with Gasteiger partial charge in [0.05, 0.1) is 24.9 Å². The van der Waals surface area contributed by atoms with Gasteiger partial charge in [-0.25, -0.2) is 9.98 Å². The first-order valence-corrected chi connectivity index (χ1v) is 9.15. The molecule has 138 valence electrons. The third-order valence-electron chi connectivity index (χ3n) is 3.64. The molecular formula is C16H29IN4O2S. The summed E-state index contributed by atoms with van der Waals surface area (Å²) in [5, 5.41) is 7.66. The van der Waals surface area contributed by atoms with Crippen LogP contribution in [0.5, 0.6) is 0 Å². The number of ether oxygens (including phenoxy) is 2. The molecule has 2 heterocycles. The Morgan fingerprint density at radius 2 is 2.25 bits per heavy atom. The van der Waals surface area contributed by atoms with Gasteiger partial charge in [-0.2, -0.15) is 0 Å². The zero-order valence-electron chi connectivity index (χ0n) is 14.8. The Kier molecular flexibility index (Phi) is 10.8. The Morgan fingerprint density at radius 1 is 1.42 bits per heavy atom. The number of rotatable bonds is 8. The number of aliphatic imine (C=N–C) groups is 1. The maximum Gasteiger partial charge on any atom is 0.191 e. The molecule has 2 N–H and O–H groups in total. The van der Waals surface area contributed by atoms with Crippen LogP contribution in [0.3, 0.4) is 0 Å². The topological polar surface area (TPSA) is 67.8 Å². The Morgan fingerprint density at radius 3 is 2.88 bits per heavy atom. The minimum Gasteiger partial charge on any atom is -0.379 e. The molecule has 1 aromatic heterocycles. The summed E-state index contributed by atoms with van der Waals surface area (Å²) in [6, 6.07) is 0. The zero-order chi connectivity index (χ0) is 16.5. The Bertz CT molecular complexity index is 485. The van der Waals surface area contributed by atoms with E-state index in [9.17, 15) is 0 Å². The smallest absolute Gasteiger partial charge is 0.191 e. The van der Waals surface area contributed by atoms with Gasteiger partial charge in [0.25, 0.3) is 0 Å². The van der Waals surface area contributed by atoms with Crippen LogP contribution in [0.15, 0.2) is 4.99 Å². The maximum atomic E-state index is 5.76. The first kappa shape index (κ1) is 21.6. The number of aromatic nitrogens is 1. The van der Waals surface area contributed by atoms with Crippen LogP contribution < -0.4 is 10.6 Å². The number of thiazole rings is 1. The third-order valence-corrected chi connectivity index (χ3v) is 4.70. The number of nitrogens with one attached hydrogen (secondary N) is 2. The van der Waals surface area contributed by atoms with Crippen molar-refractivity contribution < 1.29 is 9.47 Å². The van der Waals surface area contributed by atoms with Gasteiger partial charge in [0.2, 0.25) is 0 Å². The lowest BCUT2D eigenvalue weighted by molar-refractivity contribution is 0.0420. The highest BCUT2D eigenvalue weighted by Crippen LogP contribution is 2.16. The molecule has 1 aliphatic heterocycles. The average molecular weight is 468 g/mol. The molecule has 1 aromatic rings. The summed E-state index contributed by atoms with van der Waals surface area (Å²) in [4.78, 5) is 10.4. The summed E-state index contributed by atoms with van der Waals surface area (Å²) in [6.07, 6.45) is 2.26. The van der Waals surface area contributed by atoms with Crippen molar-refractivity contribution in [3.8, 4) is 0 Å². The lowest BCUT2D eigenvalue weighted by Gasteiger charge is -2.12. The summed E-state index contributed by atoms with van der Waals surface area (Å²) in [6.45, 7) is 10.8. The van der Waals surface area contributed by atoms with Crippen LogP contribution in [0.1, 0.15) is 35.3 Å². The largest absolute Gasteiger partial charge is 0.379 e. The number of hydrogen-bond acceptors (Lipinski definition) is 5. The van der Waals surface area contributed by atoms with E-state index in [4.69, 9.17) is 9.47 Å². The van der Waals surface area contributed by atoms with Crippen LogP contribution >= 0.6 is 35.3 Å². The number of nitrogens with zero attached hydrogens (tertiary/aromatic N) is 2. The van der Waals surface area contributed by atoms with Crippen molar-refractivity contribution in [3.05, 3.63) is 15.6 Å². The van der Waals surface area contributed by atoms with Crippen LogP contribution in [0.25, 0.3) is 0 Å². The van der Waals surface area contributed by atoms with Crippen molar-refractivity contribution in [1.82, 2.24) is 15.6 Å². The van der Waals surface area contributed by atoms with Crippen molar-refractivity contribution in [2.24, 2.45) is 4.99 Å². The van der Waals surface area contributed by atoms with Gasteiger partial charge in [-0.05, 0) is 33.6 Å². The van der Waals surface area contributed by atoms with E-state index in [0.717, 1.165) is 62.4 Å². The van der Waals surface area contributed by atoms with Crippen LogP contribution in [0, 0.1) is 13.8 Å². The molecule has 8 heteroatoms. The lowest BCUT2D eigenvalue weighted by atomic mass is 10.3. The predicted octanol–water partition coefficient (Wildman–Crippen LogP) is 2.63. The molecule has 1 unspecified atom stereocenters. The predicted molar refractivity (Wildman–Crippen MR) is 110 cm³/mol. The molecule has 0 spiro atoms. The van der Waals surface area contributed by atoms with E-state index in [-0.39, 0.29) is 30.1 Å². The van der Waals surface area contributed by atoms with Crippen molar-refractivity contribution in [2.45, 2.75) is 46.3 Å². The van der Waals surface area contributed by atoms with Gasteiger partial charge in [0.1, 0.15) is 5.01 Å². The molecule has 0 aliphatic carbocycles. The fraction of sp³-hybridized carbons (Fsp3) is 0.750. The molecule has 1 aliphatic rings. The van der Waals surface area contributed by atoms with Gasteiger partial charge in [-0.3, -0.25) is 0 Å². The van der Waals surface area contributed by atoms with Crippen molar-refractivity contribution in [2.75, 3.05) is 32.9 Å². The summed E-state index contributed by atoms with van der Waals surface area (Å²) in [5.41, 5.74) is 1.10. The standard InChI is InChI=1S/C16H28N4O2S.HI/c1-4-17-16(19-10-15-20-12(2)13(3)23-15)18-7-5-8-22-14-6-9-21-11-14;/h14H,4-11H2,1-3H3,(H2,17,18,19);1H. The Labute approximate surface area is 165 Å². The van der Waals surface area contributed by atoms with E-state index in [1.807, 2.05) is 6.92 Å². The monoisotopic (exact) mass is 468 g/mol. The van der Waals surface area contributed by atoms with Crippen LogP contribution in [0.4, 0.5) is 0 Å². The molecule has 2 rings (SSSR count). The van der Waals surface area contributed by atoms with E-state index in [1.54, 1.807) is 11.3 Å². The van der Waals surface area contributed by atoms with E-state index in [1.165, 1.54) is 4.88 Å². The highest BCUT2D eigenvalue weighted by atomic mass is 127. The SMILES string of the molecule is CCNC(=NCc1nc(C)c(C)s1)NCCCOC1CCOC1.I. The first-order valence-electron chi connectivity index (χ1n) is 8.33. The molecule has 6 nitrogen and oxygen atoms in total. The molecule has 24 heavy (non-hydrogen) atoms. The molecular weight excluding hydrogens is 439 g/mol. The second kappa shape index (κ2) is 12.0. The van der Waals surface area contributed by atoms with E-state index in [2.05, 4.69) is 34.5 Å². The molecule has 0 saturated carbocycles. The van der Waals surface area contributed by atoms with Crippen molar-refractivity contribution in [1.29, 1.82) is 0 Å². The highest BCUT2D eigenvalue weighted by molar-refractivity contribution is 14.0. The molecule has 1 atom stereocenters. The van der Waals surface area contributed by atoms with E-state index < -0.39 is 0 Å². The second-order valence-corrected chi connectivity index (χ2v) is 6.87. The summed E-state index contributed by atoms with van der Waals surface area (Å²) < 4.78 is 11.0. The van der Waals surface area contributed by atoms with Gasteiger partial charge in [0.15, 0.2) is 5.96 Å². The molecule has 1 saturated heterocycles. The van der Waals surface area contributed by atoms with Gasteiger partial charge >= 0.3 is 0 Å². The van der Waals surface area contributed by atoms with Gasteiger partial charge in [0, 0.05) is 31.2 Å². The quantitative estimate of drug-likeness (QED) is 0.266. The van der Waals surface area contributed by atoms with Crippen LogP contribution in [-0.4, -0.2) is 50.0 Å². The number of aryl methyl sites for hydroxylation is 2. The fourth-order valence-electron chi connectivity index (χ4n) is 2.27. The molecule has 0 amide bonds. The summed E-state index contributed by atoms with van der Waals surface area (Å²) >= 11 is 1.71. The average Bonchev–Trinajstić information content (AvgIpc) is 3.15. The number of guanidine groups is 1. The molecule has 0 bridgehead atoms. The zero-order valence-corrected chi connectivity index (χ0v) is 17.9. The normalized spacial score (nSPS) is 17.6. The molecule has 1 fully saturated rings. The molecule has 0 aromatic carbocycles. The fourth-order valence-corrected chi connectivity index (χ4v) is 3.13. The van der Waals surface area contributed by atoms with Crippen molar-refractivity contribution >= 4 is 41.3 Å².